The first-order chi connectivity index (χ1) is 11.4. The Bertz CT molecular complexity index is 615. The van der Waals surface area contributed by atoms with Crippen LogP contribution in [0.2, 0.25) is 0 Å². The van der Waals surface area contributed by atoms with Crippen molar-refractivity contribution in [1.29, 1.82) is 0 Å². The highest BCUT2D eigenvalue weighted by Crippen LogP contribution is 2.26. The summed E-state index contributed by atoms with van der Waals surface area (Å²) in [6, 6.07) is -0.764. The largest absolute Gasteiger partial charge is 0.480 e. The minimum Gasteiger partial charge on any atom is -0.480 e. The summed E-state index contributed by atoms with van der Waals surface area (Å²) < 4.78 is 5.44. The monoisotopic (exact) mass is 331 g/mol. The lowest BCUT2D eigenvalue weighted by Gasteiger charge is -2.24. The van der Waals surface area contributed by atoms with Crippen LogP contribution >= 0.6 is 0 Å². The second kappa shape index (κ2) is 7.99. The number of rotatable bonds is 3. The van der Waals surface area contributed by atoms with Gasteiger partial charge in [0.25, 0.3) is 0 Å². The van der Waals surface area contributed by atoms with Crippen LogP contribution in [0.25, 0.3) is 0 Å². The number of ether oxygens (including phenoxy) is 1. The van der Waals surface area contributed by atoms with Gasteiger partial charge in [-0.05, 0) is 44.3 Å². The Hall–Kier alpha value is -2.30. The lowest BCUT2D eigenvalue weighted by molar-refractivity contribution is -0.141. The quantitative estimate of drug-likeness (QED) is 0.856. The van der Waals surface area contributed by atoms with Crippen molar-refractivity contribution >= 4 is 12.1 Å². The number of nitrogens with zero attached hydrogens (tertiary/aromatic N) is 1. The highest BCUT2D eigenvalue weighted by molar-refractivity contribution is 5.80. The molecule has 0 aromatic rings. The molecule has 1 amide bonds. The van der Waals surface area contributed by atoms with Gasteiger partial charge in [-0.1, -0.05) is 36.5 Å². The molecular weight excluding hydrogens is 306 g/mol. The van der Waals surface area contributed by atoms with Crippen molar-refractivity contribution in [2.75, 3.05) is 13.2 Å². The molecule has 0 saturated carbocycles. The fraction of sp³-hybridized carbons (Fsp3) is 0.474. The molecule has 1 unspecified atom stereocenters. The molecule has 2 rings (SSSR count). The van der Waals surface area contributed by atoms with Gasteiger partial charge in [0.2, 0.25) is 0 Å². The lowest BCUT2D eigenvalue weighted by atomic mass is 9.91. The maximum absolute atomic E-state index is 12.3. The number of carbonyl (C=O) groups is 2. The van der Waals surface area contributed by atoms with Crippen molar-refractivity contribution < 1.29 is 19.4 Å². The maximum Gasteiger partial charge on any atom is 0.410 e. The van der Waals surface area contributed by atoms with E-state index in [2.05, 4.69) is 6.58 Å². The molecule has 0 radical (unpaired) electrons. The number of aliphatic carboxylic acids is 1. The molecule has 1 heterocycles. The average molecular weight is 331 g/mol. The Morgan fingerprint density at radius 3 is 2.83 bits per heavy atom. The summed E-state index contributed by atoms with van der Waals surface area (Å²) in [5, 5.41) is 9.17. The molecular formula is C19H25NO4. The second-order valence-electron chi connectivity index (χ2n) is 6.32. The summed E-state index contributed by atoms with van der Waals surface area (Å²) >= 11 is 0. The number of allylic oxidation sites excluding steroid dienone is 6. The average Bonchev–Trinajstić information content (AvgIpc) is 3.05. The maximum atomic E-state index is 12.3. The number of carboxylic acids is 1. The van der Waals surface area contributed by atoms with E-state index < -0.39 is 18.1 Å². The van der Waals surface area contributed by atoms with Gasteiger partial charge in [-0.3, -0.25) is 4.90 Å². The van der Waals surface area contributed by atoms with Gasteiger partial charge in [-0.15, -0.1) is 0 Å². The van der Waals surface area contributed by atoms with Gasteiger partial charge in [0.05, 0.1) is 0 Å². The lowest BCUT2D eigenvalue weighted by Crippen LogP contribution is -2.41. The molecule has 0 aromatic heterocycles. The third-order valence-corrected chi connectivity index (χ3v) is 4.83. The first-order valence-electron chi connectivity index (χ1n) is 8.28. The standard InChI is InChI=1S/C19H25NO4/c1-13-8-5-4-6-9-16(15(3)14(13)2)12-24-19(23)20-11-7-10-17(20)18(21)22/h4-6,8,16-17H,1,7,9-12H2,2-3H3,(H,21,22)/b6-4-,8-5-,15-14-/t16?,17-/m0/s1. The zero-order valence-electron chi connectivity index (χ0n) is 14.3. The van der Waals surface area contributed by atoms with Crippen molar-refractivity contribution in [2.45, 2.75) is 39.2 Å². The van der Waals surface area contributed by atoms with E-state index in [0.29, 0.717) is 19.4 Å². The number of amides is 1. The van der Waals surface area contributed by atoms with Crippen molar-refractivity contribution in [1.82, 2.24) is 4.90 Å². The van der Waals surface area contributed by atoms with Gasteiger partial charge in [0.1, 0.15) is 12.6 Å². The van der Waals surface area contributed by atoms with Crippen LogP contribution in [-0.4, -0.2) is 41.3 Å². The number of carbonyl (C=O) groups excluding carboxylic acids is 1. The molecule has 1 aliphatic carbocycles. The molecule has 2 aliphatic rings. The van der Waals surface area contributed by atoms with E-state index in [4.69, 9.17) is 4.74 Å². The molecule has 1 aliphatic heterocycles. The smallest absolute Gasteiger partial charge is 0.410 e. The van der Waals surface area contributed by atoms with E-state index in [1.54, 1.807) is 0 Å². The predicted octanol–water partition coefficient (Wildman–Crippen LogP) is 3.70. The summed E-state index contributed by atoms with van der Waals surface area (Å²) in [5.74, 6) is -0.906. The molecule has 1 saturated heterocycles. The van der Waals surface area contributed by atoms with Gasteiger partial charge in [0, 0.05) is 12.5 Å². The molecule has 24 heavy (non-hydrogen) atoms. The van der Waals surface area contributed by atoms with Crippen LogP contribution in [0.1, 0.15) is 33.1 Å². The minimum atomic E-state index is -0.968. The number of carboxylic acid groups (broad SMARTS) is 1. The van der Waals surface area contributed by atoms with Crippen LogP contribution in [0.5, 0.6) is 0 Å². The van der Waals surface area contributed by atoms with E-state index in [9.17, 15) is 14.7 Å². The number of hydrogen-bond acceptors (Lipinski definition) is 3. The van der Waals surface area contributed by atoms with Crippen LogP contribution in [-0.2, 0) is 9.53 Å². The van der Waals surface area contributed by atoms with Gasteiger partial charge in [-0.2, -0.15) is 0 Å². The molecule has 2 atom stereocenters. The van der Waals surface area contributed by atoms with Gasteiger partial charge in [-0.25, -0.2) is 9.59 Å². The Morgan fingerprint density at radius 1 is 1.38 bits per heavy atom. The zero-order valence-corrected chi connectivity index (χ0v) is 14.3. The van der Waals surface area contributed by atoms with E-state index in [-0.39, 0.29) is 12.5 Å². The predicted molar refractivity (Wildman–Crippen MR) is 92.6 cm³/mol. The van der Waals surface area contributed by atoms with Crippen molar-refractivity contribution in [3.8, 4) is 0 Å². The van der Waals surface area contributed by atoms with Crippen LogP contribution < -0.4 is 0 Å². The molecule has 5 heteroatoms. The van der Waals surface area contributed by atoms with E-state index >= 15 is 0 Å². The molecule has 0 spiro atoms. The molecule has 130 valence electrons. The Kier molecular flexibility index (Phi) is 6.01. The van der Waals surface area contributed by atoms with E-state index in [0.717, 1.165) is 23.1 Å². The summed E-state index contributed by atoms with van der Waals surface area (Å²) in [7, 11) is 0. The third kappa shape index (κ3) is 4.16. The van der Waals surface area contributed by atoms with Crippen molar-refractivity contribution in [3.63, 3.8) is 0 Å². The van der Waals surface area contributed by atoms with Gasteiger partial charge >= 0.3 is 12.1 Å². The SMILES string of the molecule is C=C1/C=C\C=C/CC(COC(=O)N2CCC[C@H]2C(=O)O)/C(C)=C\1C. The fourth-order valence-electron chi connectivity index (χ4n) is 3.04. The molecule has 1 N–H and O–H groups in total. The molecule has 1 fully saturated rings. The first-order valence-corrected chi connectivity index (χ1v) is 8.28. The van der Waals surface area contributed by atoms with Crippen LogP contribution in [0, 0.1) is 5.92 Å². The van der Waals surface area contributed by atoms with Crippen molar-refractivity contribution in [3.05, 3.63) is 47.6 Å². The van der Waals surface area contributed by atoms with E-state index in [1.807, 2.05) is 38.2 Å². The van der Waals surface area contributed by atoms with Crippen molar-refractivity contribution in [2.24, 2.45) is 5.92 Å². The van der Waals surface area contributed by atoms with Crippen LogP contribution in [0.4, 0.5) is 4.79 Å². The number of likely N-dealkylation sites (tertiary alicyclic amines) is 1. The molecule has 0 bridgehead atoms. The normalized spacial score (nSPS) is 30.2. The molecule has 5 nitrogen and oxygen atoms in total. The van der Waals surface area contributed by atoms with Gasteiger partial charge < -0.3 is 9.84 Å². The summed E-state index contributed by atoms with van der Waals surface area (Å²) in [5.41, 5.74) is 3.18. The Labute approximate surface area is 143 Å². The summed E-state index contributed by atoms with van der Waals surface area (Å²) in [6.07, 6.45) is 9.33. The highest BCUT2D eigenvalue weighted by Gasteiger charge is 2.35. The Morgan fingerprint density at radius 2 is 2.12 bits per heavy atom. The fourth-order valence-corrected chi connectivity index (χ4v) is 3.04. The summed E-state index contributed by atoms with van der Waals surface area (Å²) in [6.45, 7) is 8.78. The number of hydrogen-bond donors (Lipinski definition) is 1. The molecule has 0 aromatic carbocycles. The third-order valence-electron chi connectivity index (χ3n) is 4.83. The second-order valence-corrected chi connectivity index (χ2v) is 6.32. The van der Waals surface area contributed by atoms with Gasteiger partial charge in [0.15, 0.2) is 0 Å². The highest BCUT2D eigenvalue weighted by atomic mass is 16.6. The Balaban J connectivity index is 2.04. The summed E-state index contributed by atoms with van der Waals surface area (Å²) in [4.78, 5) is 24.8. The van der Waals surface area contributed by atoms with E-state index in [1.165, 1.54) is 4.90 Å². The minimum absolute atomic E-state index is 0.0627. The van der Waals surface area contributed by atoms with Crippen LogP contribution in [0.3, 0.4) is 0 Å². The topological polar surface area (TPSA) is 66.8 Å². The zero-order chi connectivity index (χ0) is 17.7. The first kappa shape index (κ1) is 18.0. The van der Waals surface area contributed by atoms with Crippen LogP contribution in [0.15, 0.2) is 47.6 Å².